The summed E-state index contributed by atoms with van der Waals surface area (Å²) in [6.45, 7) is 5.94. The van der Waals surface area contributed by atoms with Gasteiger partial charge >= 0.3 is 0 Å². The molecular weight excluding hydrogens is 274 g/mol. The van der Waals surface area contributed by atoms with Crippen LogP contribution in [0.4, 0.5) is 0 Å². The molecular formula is C14H29N3O2S. The van der Waals surface area contributed by atoms with Crippen LogP contribution in [0.1, 0.15) is 39.0 Å². The molecule has 118 valence electrons. The van der Waals surface area contributed by atoms with Gasteiger partial charge in [0.15, 0.2) is 0 Å². The molecule has 0 aromatic carbocycles. The van der Waals surface area contributed by atoms with E-state index in [9.17, 15) is 8.42 Å². The third-order valence-corrected chi connectivity index (χ3v) is 6.04. The van der Waals surface area contributed by atoms with Crippen molar-refractivity contribution < 1.29 is 8.42 Å². The molecule has 6 heteroatoms. The Kier molecular flexibility index (Phi) is 5.84. The highest BCUT2D eigenvalue weighted by atomic mass is 32.2. The van der Waals surface area contributed by atoms with Crippen molar-refractivity contribution in [3.05, 3.63) is 0 Å². The highest BCUT2D eigenvalue weighted by Gasteiger charge is 2.36. The molecule has 0 aromatic heterocycles. The van der Waals surface area contributed by atoms with Gasteiger partial charge in [0, 0.05) is 26.7 Å². The van der Waals surface area contributed by atoms with Crippen LogP contribution in [0.25, 0.3) is 0 Å². The molecule has 0 amide bonds. The minimum Gasteiger partial charge on any atom is -0.317 e. The van der Waals surface area contributed by atoms with Crippen molar-refractivity contribution in [3.8, 4) is 0 Å². The summed E-state index contributed by atoms with van der Waals surface area (Å²) in [5, 5.41) is 3.23. The Bertz CT molecular complexity index is 377. The summed E-state index contributed by atoms with van der Waals surface area (Å²) in [5.74, 6) is 1.22. The van der Waals surface area contributed by atoms with E-state index in [2.05, 4.69) is 12.2 Å². The molecule has 2 aliphatic carbocycles. The molecule has 2 fully saturated rings. The molecule has 5 nitrogen and oxygen atoms in total. The minimum absolute atomic E-state index is 0.598. The van der Waals surface area contributed by atoms with Crippen molar-refractivity contribution >= 4 is 10.2 Å². The maximum absolute atomic E-state index is 12.7. The Morgan fingerprint density at radius 2 is 1.65 bits per heavy atom. The zero-order chi connectivity index (χ0) is 14.6. The molecule has 0 bridgehead atoms. The summed E-state index contributed by atoms with van der Waals surface area (Å²) in [7, 11) is -1.54. The highest BCUT2D eigenvalue weighted by molar-refractivity contribution is 7.86. The van der Waals surface area contributed by atoms with Gasteiger partial charge in [-0.2, -0.15) is 17.0 Å². The standard InChI is InChI=1S/C14H29N3O2S/c1-3-15-9-4-10-16(2)20(18,19)17(11-13-5-6-13)12-14-7-8-14/h13-15H,3-12H2,1-2H3. The lowest BCUT2D eigenvalue weighted by Crippen LogP contribution is -2.44. The zero-order valence-corrected chi connectivity index (χ0v) is 13.7. The predicted molar refractivity (Wildman–Crippen MR) is 81.7 cm³/mol. The predicted octanol–water partition coefficient (Wildman–Crippen LogP) is 1.28. The van der Waals surface area contributed by atoms with Crippen molar-refractivity contribution in [3.63, 3.8) is 0 Å². The van der Waals surface area contributed by atoms with Gasteiger partial charge in [0.05, 0.1) is 0 Å². The van der Waals surface area contributed by atoms with E-state index in [0.29, 0.717) is 18.4 Å². The normalized spacial score (nSPS) is 20.0. The van der Waals surface area contributed by atoms with Gasteiger partial charge in [-0.15, -0.1) is 0 Å². The molecule has 2 aliphatic rings. The van der Waals surface area contributed by atoms with E-state index in [1.165, 1.54) is 30.0 Å². The van der Waals surface area contributed by atoms with Crippen LogP contribution in [0.2, 0.25) is 0 Å². The Morgan fingerprint density at radius 1 is 1.10 bits per heavy atom. The number of nitrogens with one attached hydrogen (secondary N) is 1. The summed E-state index contributed by atoms with van der Waals surface area (Å²) in [6, 6.07) is 0. The minimum atomic E-state index is -3.26. The van der Waals surface area contributed by atoms with E-state index in [4.69, 9.17) is 0 Å². The van der Waals surface area contributed by atoms with Crippen molar-refractivity contribution in [2.24, 2.45) is 11.8 Å². The number of rotatable bonds is 11. The van der Waals surface area contributed by atoms with Crippen LogP contribution in [-0.2, 0) is 10.2 Å². The van der Waals surface area contributed by atoms with Crippen molar-refractivity contribution in [2.75, 3.05) is 39.8 Å². The summed E-state index contributed by atoms with van der Waals surface area (Å²) >= 11 is 0. The van der Waals surface area contributed by atoms with E-state index in [0.717, 1.165) is 32.6 Å². The summed E-state index contributed by atoms with van der Waals surface area (Å²) in [6.07, 6.45) is 5.65. The molecule has 0 atom stereocenters. The monoisotopic (exact) mass is 303 g/mol. The zero-order valence-electron chi connectivity index (χ0n) is 12.8. The van der Waals surface area contributed by atoms with Crippen molar-refractivity contribution in [2.45, 2.75) is 39.0 Å². The lowest BCUT2D eigenvalue weighted by Gasteiger charge is -2.27. The second kappa shape index (κ2) is 7.20. The third kappa shape index (κ3) is 4.98. The molecule has 20 heavy (non-hydrogen) atoms. The second-order valence-electron chi connectivity index (χ2n) is 6.24. The molecule has 0 aliphatic heterocycles. The molecule has 0 spiro atoms. The van der Waals surface area contributed by atoms with Gasteiger partial charge in [-0.3, -0.25) is 0 Å². The Labute approximate surface area is 123 Å². The fourth-order valence-electron chi connectivity index (χ4n) is 2.36. The van der Waals surface area contributed by atoms with E-state index < -0.39 is 10.2 Å². The molecule has 0 heterocycles. The van der Waals surface area contributed by atoms with Gasteiger partial charge in [-0.05, 0) is 57.0 Å². The lowest BCUT2D eigenvalue weighted by atomic mass is 10.4. The Hall–Kier alpha value is -0.170. The highest BCUT2D eigenvalue weighted by Crippen LogP contribution is 2.35. The SMILES string of the molecule is CCNCCCN(C)S(=O)(=O)N(CC1CC1)CC1CC1. The van der Waals surface area contributed by atoms with E-state index >= 15 is 0 Å². The van der Waals surface area contributed by atoms with Crippen LogP contribution in [0.15, 0.2) is 0 Å². The molecule has 2 rings (SSSR count). The van der Waals surface area contributed by atoms with Gasteiger partial charge in [-0.1, -0.05) is 6.92 Å². The Balaban J connectivity index is 1.85. The van der Waals surface area contributed by atoms with Gasteiger partial charge < -0.3 is 5.32 Å². The van der Waals surface area contributed by atoms with E-state index in [1.807, 2.05) is 0 Å². The van der Waals surface area contributed by atoms with Gasteiger partial charge in [0.1, 0.15) is 0 Å². The van der Waals surface area contributed by atoms with Crippen LogP contribution in [0, 0.1) is 11.8 Å². The van der Waals surface area contributed by atoms with Gasteiger partial charge in [0.2, 0.25) is 0 Å². The molecule has 0 unspecified atom stereocenters. The van der Waals surface area contributed by atoms with Crippen LogP contribution >= 0.6 is 0 Å². The van der Waals surface area contributed by atoms with Crippen LogP contribution in [0.3, 0.4) is 0 Å². The van der Waals surface area contributed by atoms with E-state index in [1.54, 1.807) is 11.4 Å². The molecule has 1 N–H and O–H groups in total. The maximum atomic E-state index is 12.7. The average molecular weight is 303 g/mol. The van der Waals surface area contributed by atoms with Crippen molar-refractivity contribution in [1.29, 1.82) is 0 Å². The lowest BCUT2D eigenvalue weighted by molar-refractivity contribution is 0.338. The molecule has 0 radical (unpaired) electrons. The smallest absolute Gasteiger partial charge is 0.281 e. The first-order valence-corrected chi connectivity index (χ1v) is 9.36. The number of hydrogen-bond acceptors (Lipinski definition) is 3. The van der Waals surface area contributed by atoms with Crippen LogP contribution < -0.4 is 5.32 Å². The number of nitrogens with zero attached hydrogens (tertiary/aromatic N) is 2. The van der Waals surface area contributed by atoms with E-state index in [-0.39, 0.29) is 0 Å². The Morgan fingerprint density at radius 3 is 2.10 bits per heavy atom. The fraction of sp³-hybridized carbons (Fsp3) is 1.00. The second-order valence-corrected chi connectivity index (χ2v) is 8.28. The summed E-state index contributed by atoms with van der Waals surface area (Å²) < 4.78 is 28.6. The fourth-order valence-corrected chi connectivity index (χ4v) is 3.91. The first-order valence-electron chi connectivity index (χ1n) is 7.96. The average Bonchev–Trinajstić information content (AvgIpc) is 3.28. The molecule has 0 aromatic rings. The molecule has 0 saturated heterocycles. The topological polar surface area (TPSA) is 52.7 Å². The van der Waals surface area contributed by atoms with Crippen molar-refractivity contribution in [1.82, 2.24) is 13.9 Å². The summed E-state index contributed by atoms with van der Waals surface area (Å²) in [4.78, 5) is 0. The van der Waals surface area contributed by atoms with Crippen LogP contribution in [0.5, 0.6) is 0 Å². The quantitative estimate of drug-likeness (QED) is 0.585. The third-order valence-electron chi connectivity index (χ3n) is 4.11. The summed E-state index contributed by atoms with van der Waals surface area (Å²) in [5.41, 5.74) is 0. The first kappa shape index (κ1) is 16.2. The van der Waals surface area contributed by atoms with Crippen LogP contribution in [-0.4, -0.2) is 56.8 Å². The number of hydrogen-bond donors (Lipinski definition) is 1. The van der Waals surface area contributed by atoms with Gasteiger partial charge in [-0.25, -0.2) is 0 Å². The maximum Gasteiger partial charge on any atom is 0.281 e. The first-order chi connectivity index (χ1) is 9.54. The van der Waals surface area contributed by atoms with Gasteiger partial charge in [0.25, 0.3) is 10.2 Å². The largest absolute Gasteiger partial charge is 0.317 e. The molecule has 2 saturated carbocycles.